The van der Waals surface area contributed by atoms with Crippen LogP contribution in [0.1, 0.15) is 54.4 Å². The fourth-order valence-electron chi connectivity index (χ4n) is 2.80. The van der Waals surface area contributed by atoms with E-state index in [4.69, 9.17) is 5.73 Å². The molecule has 0 spiro atoms. The van der Waals surface area contributed by atoms with E-state index >= 15 is 0 Å². The number of carbonyl (C=O) groups is 1. The molecule has 0 radical (unpaired) electrons. The molecule has 0 aliphatic heterocycles. The Hall–Kier alpha value is -1.55. The predicted molar refractivity (Wildman–Crippen MR) is 80.6 cm³/mol. The van der Waals surface area contributed by atoms with Gasteiger partial charge in [-0.15, -0.1) is 0 Å². The second kappa shape index (κ2) is 6.27. The Bertz CT molecular complexity index is 477. The zero-order valence-electron chi connectivity index (χ0n) is 12.1. The van der Waals surface area contributed by atoms with Gasteiger partial charge in [0, 0.05) is 17.8 Å². The molecule has 0 aromatic heterocycles. The first-order valence-corrected chi connectivity index (χ1v) is 7.37. The van der Waals surface area contributed by atoms with E-state index in [1.807, 2.05) is 6.92 Å². The normalized spacial score (nSPS) is 18.3. The van der Waals surface area contributed by atoms with Gasteiger partial charge >= 0.3 is 0 Å². The zero-order chi connectivity index (χ0) is 14.6. The SMILES string of the molecule is Cc1c(N)cccc1C(=O)NCC1(O)CCCCCC1. The summed E-state index contributed by atoms with van der Waals surface area (Å²) >= 11 is 0. The van der Waals surface area contributed by atoms with E-state index < -0.39 is 5.60 Å². The van der Waals surface area contributed by atoms with Crippen LogP contribution in [0.15, 0.2) is 18.2 Å². The van der Waals surface area contributed by atoms with Crippen molar-refractivity contribution in [3.05, 3.63) is 29.3 Å². The molecule has 4 nitrogen and oxygen atoms in total. The Balaban J connectivity index is 1.99. The molecule has 0 bridgehead atoms. The highest BCUT2D eigenvalue weighted by Gasteiger charge is 2.28. The molecule has 0 unspecified atom stereocenters. The Kier molecular flexibility index (Phi) is 4.65. The molecule has 0 atom stereocenters. The maximum atomic E-state index is 12.2. The van der Waals surface area contributed by atoms with Crippen molar-refractivity contribution in [3.8, 4) is 0 Å². The number of hydrogen-bond donors (Lipinski definition) is 3. The van der Waals surface area contributed by atoms with E-state index in [9.17, 15) is 9.90 Å². The number of nitrogens with one attached hydrogen (secondary N) is 1. The van der Waals surface area contributed by atoms with Gasteiger partial charge in [-0.1, -0.05) is 31.7 Å². The van der Waals surface area contributed by atoms with Crippen molar-refractivity contribution < 1.29 is 9.90 Å². The Morgan fingerprint density at radius 2 is 1.95 bits per heavy atom. The lowest BCUT2D eigenvalue weighted by molar-refractivity contribution is 0.0246. The summed E-state index contributed by atoms with van der Waals surface area (Å²) in [5.74, 6) is -0.160. The van der Waals surface area contributed by atoms with E-state index in [0.29, 0.717) is 17.8 Å². The molecule has 0 saturated heterocycles. The second-order valence-corrected chi connectivity index (χ2v) is 5.84. The second-order valence-electron chi connectivity index (χ2n) is 5.84. The molecule has 1 amide bonds. The van der Waals surface area contributed by atoms with Gasteiger partial charge in [-0.05, 0) is 37.5 Å². The highest BCUT2D eigenvalue weighted by molar-refractivity contribution is 5.96. The van der Waals surface area contributed by atoms with Crippen LogP contribution in [0.2, 0.25) is 0 Å². The summed E-state index contributed by atoms with van der Waals surface area (Å²) in [6, 6.07) is 5.32. The Morgan fingerprint density at radius 3 is 2.60 bits per heavy atom. The van der Waals surface area contributed by atoms with Gasteiger partial charge in [0.2, 0.25) is 0 Å². The quantitative estimate of drug-likeness (QED) is 0.586. The van der Waals surface area contributed by atoms with Gasteiger partial charge in [0.15, 0.2) is 0 Å². The number of nitrogen functional groups attached to an aromatic ring is 1. The first-order valence-electron chi connectivity index (χ1n) is 7.37. The standard InChI is InChI=1S/C16H24N2O2/c1-12-13(7-6-8-14(12)17)15(19)18-11-16(20)9-4-2-3-5-10-16/h6-8,20H,2-5,9-11,17H2,1H3,(H,18,19). The lowest BCUT2D eigenvalue weighted by Gasteiger charge is -2.27. The van der Waals surface area contributed by atoms with Crippen molar-refractivity contribution in [1.29, 1.82) is 0 Å². The summed E-state index contributed by atoms with van der Waals surface area (Å²) in [4.78, 5) is 12.2. The first-order chi connectivity index (χ1) is 9.52. The summed E-state index contributed by atoms with van der Waals surface area (Å²) in [7, 11) is 0. The van der Waals surface area contributed by atoms with E-state index in [-0.39, 0.29) is 5.91 Å². The topological polar surface area (TPSA) is 75.4 Å². The number of aliphatic hydroxyl groups is 1. The molecule has 1 aromatic rings. The summed E-state index contributed by atoms with van der Waals surface area (Å²) in [5.41, 5.74) is 7.06. The molecule has 2 rings (SSSR count). The van der Waals surface area contributed by atoms with Crippen molar-refractivity contribution in [2.45, 2.75) is 51.0 Å². The van der Waals surface area contributed by atoms with Crippen LogP contribution in [0.4, 0.5) is 5.69 Å². The predicted octanol–water partition coefficient (Wildman–Crippen LogP) is 2.39. The molecule has 4 N–H and O–H groups in total. The van der Waals surface area contributed by atoms with Crippen molar-refractivity contribution in [3.63, 3.8) is 0 Å². The minimum absolute atomic E-state index is 0.160. The van der Waals surface area contributed by atoms with Gasteiger partial charge in [-0.25, -0.2) is 0 Å². The molecule has 1 saturated carbocycles. The molecule has 20 heavy (non-hydrogen) atoms. The van der Waals surface area contributed by atoms with E-state index in [0.717, 1.165) is 31.2 Å². The molecule has 1 aromatic carbocycles. The molecule has 110 valence electrons. The molecular weight excluding hydrogens is 252 g/mol. The number of amides is 1. The largest absolute Gasteiger partial charge is 0.398 e. The fourth-order valence-corrected chi connectivity index (χ4v) is 2.80. The van der Waals surface area contributed by atoms with Crippen molar-refractivity contribution in [2.24, 2.45) is 0 Å². The molecule has 1 aliphatic carbocycles. The molecule has 1 fully saturated rings. The van der Waals surface area contributed by atoms with E-state index in [2.05, 4.69) is 5.32 Å². The maximum Gasteiger partial charge on any atom is 0.251 e. The monoisotopic (exact) mass is 276 g/mol. The minimum atomic E-state index is -0.750. The lowest BCUT2D eigenvalue weighted by Crippen LogP contribution is -2.42. The summed E-state index contributed by atoms with van der Waals surface area (Å²) in [5, 5.41) is 13.4. The smallest absolute Gasteiger partial charge is 0.251 e. The average molecular weight is 276 g/mol. The van der Waals surface area contributed by atoms with Crippen LogP contribution in [0.5, 0.6) is 0 Å². The minimum Gasteiger partial charge on any atom is -0.398 e. The third-order valence-electron chi connectivity index (χ3n) is 4.23. The van der Waals surface area contributed by atoms with Crippen molar-refractivity contribution in [2.75, 3.05) is 12.3 Å². The Morgan fingerprint density at radius 1 is 1.30 bits per heavy atom. The van der Waals surface area contributed by atoms with Gasteiger partial charge < -0.3 is 16.2 Å². The third-order valence-corrected chi connectivity index (χ3v) is 4.23. The van der Waals surface area contributed by atoms with Crippen LogP contribution in [0.3, 0.4) is 0 Å². The number of rotatable bonds is 3. The molecule has 1 aliphatic rings. The number of anilines is 1. The fraction of sp³-hybridized carbons (Fsp3) is 0.562. The van der Waals surface area contributed by atoms with Crippen molar-refractivity contribution >= 4 is 11.6 Å². The summed E-state index contributed by atoms with van der Waals surface area (Å²) in [6.07, 6.45) is 5.94. The number of nitrogens with two attached hydrogens (primary N) is 1. The van der Waals surface area contributed by atoms with Gasteiger partial charge in [-0.3, -0.25) is 4.79 Å². The first kappa shape index (κ1) is 14.9. The third kappa shape index (κ3) is 3.51. The van der Waals surface area contributed by atoms with Crippen LogP contribution in [0.25, 0.3) is 0 Å². The Labute approximate surface area is 120 Å². The highest BCUT2D eigenvalue weighted by atomic mass is 16.3. The molecule has 0 heterocycles. The van der Waals surface area contributed by atoms with Crippen LogP contribution in [0, 0.1) is 6.92 Å². The van der Waals surface area contributed by atoms with Crippen molar-refractivity contribution in [1.82, 2.24) is 5.32 Å². The van der Waals surface area contributed by atoms with Gasteiger partial charge in [-0.2, -0.15) is 0 Å². The average Bonchev–Trinajstić information content (AvgIpc) is 2.65. The van der Waals surface area contributed by atoms with Crippen LogP contribution >= 0.6 is 0 Å². The van der Waals surface area contributed by atoms with E-state index in [1.165, 1.54) is 12.8 Å². The number of benzene rings is 1. The maximum absolute atomic E-state index is 12.2. The van der Waals surface area contributed by atoms with Crippen LogP contribution in [-0.2, 0) is 0 Å². The summed E-state index contributed by atoms with van der Waals surface area (Å²) in [6.45, 7) is 2.16. The van der Waals surface area contributed by atoms with Gasteiger partial charge in [0.1, 0.15) is 0 Å². The van der Waals surface area contributed by atoms with Crippen LogP contribution in [-0.4, -0.2) is 23.2 Å². The highest BCUT2D eigenvalue weighted by Crippen LogP contribution is 2.26. The van der Waals surface area contributed by atoms with E-state index in [1.54, 1.807) is 18.2 Å². The number of carbonyl (C=O) groups excluding carboxylic acids is 1. The zero-order valence-corrected chi connectivity index (χ0v) is 12.1. The molecular formula is C16H24N2O2. The number of hydrogen-bond acceptors (Lipinski definition) is 3. The van der Waals surface area contributed by atoms with Crippen LogP contribution < -0.4 is 11.1 Å². The van der Waals surface area contributed by atoms with Gasteiger partial charge in [0.05, 0.1) is 5.60 Å². The summed E-state index contributed by atoms with van der Waals surface area (Å²) < 4.78 is 0. The van der Waals surface area contributed by atoms with Gasteiger partial charge in [0.25, 0.3) is 5.91 Å². The molecule has 4 heteroatoms. The lowest BCUT2D eigenvalue weighted by atomic mass is 9.94.